The number of pyridine rings is 1. The highest BCUT2D eigenvalue weighted by Gasteiger charge is 2.35. The highest BCUT2D eigenvalue weighted by atomic mass is 16.7. The number of rotatable bonds is 6. The van der Waals surface area contributed by atoms with Gasteiger partial charge in [0.15, 0.2) is 11.5 Å². The zero-order chi connectivity index (χ0) is 21.5. The summed E-state index contributed by atoms with van der Waals surface area (Å²) in [7, 11) is 1.85. The standard InChI is InChI=1S/C23H24N4O4/c1-15-7-8-26(12-16-3-6-19-20(9-16)31-14-30-19)22(28)21(15)23(29)27(18-4-5-18)13-17-10-24-25(2)11-17/h3,6-11,18H,4-5,12-14H2,1-2H3. The summed E-state index contributed by atoms with van der Waals surface area (Å²) >= 11 is 0. The Morgan fingerprint density at radius 1 is 1.19 bits per heavy atom. The third-order valence-electron chi connectivity index (χ3n) is 5.74. The third kappa shape index (κ3) is 3.81. The molecule has 160 valence electrons. The van der Waals surface area contributed by atoms with Crippen molar-refractivity contribution in [3.05, 3.63) is 75.5 Å². The molecule has 0 radical (unpaired) electrons. The van der Waals surface area contributed by atoms with Crippen LogP contribution in [0.25, 0.3) is 0 Å². The number of nitrogens with zero attached hydrogens (tertiary/aromatic N) is 4. The van der Waals surface area contributed by atoms with Gasteiger partial charge in [-0.05, 0) is 49.1 Å². The van der Waals surface area contributed by atoms with Crippen LogP contribution in [-0.2, 0) is 20.1 Å². The van der Waals surface area contributed by atoms with Gasteiger partial charge in [-0.3, -0.25) is 14.3 Å². The molecule has 8 nitrogen and oxygen atoms in total. The van der Waals surface area contributed by atoms with Gasteiger partial charge in [0.05, 0.1) is 12.7 Å². The Balaban J connectivity index is 1.44. The third-order valence-corrected chi connectivity index (χ3v) is 5.74. The molecule has 1 aliphatic heterocycles. The molecular formula is C23H24N4O4. The summed E-state index contributed by atoms with van der Waals surface area (Å²) in [6, 6.07) is 7.62. The first-order valence-electron chi connectivity index (χ1n) is 10.4. The lowest BCUT2D eigenvalue weighted by molar-refractivity contribution is 0.0726. The predicted molar refractivity (Wildman–Crippen MR) is 113 cm³/mol. The summed E-state index contributed by atoms with van der Waals surface area (Å²) in [5.41, 5.74) is 2.51. The largest absolute Gasteiger partial charge is 0.454 e. The van der Waals surface area contributed by atoms with Crippen LogP contribution in [-0.4, -0.2) is 38.0 Å². The minimum absolute atomic E-state index is 0.175. The van der Waals surface area contributed by atoms with E-state index in [-0.39, 0.29) is 29.9 Å². The summed E-state index contributed by atoms with van der Waals surface area (Å²) in [6.07, 6.45) is 7.32. The predicted octanol–water partition coefficient (Wildman–Crippen LogP) is 2.47. The molecule has 3 heterocycles. The molecule has 2 aromatic heterocycles. The van der Waals surface area contributed by atoms with Gasteiger partial charge in [-0.2, -0.15) is 5.10 Å². The van der Waals surface area contributed by atoms with Gasteiger partial charge >= 0.3 is 0 Å². The Morgan fingerprint density at radius 2 is 2.00 bits per heavy atom. The van der Waals surface area contributed by atoms with Crippen LogP contribution in [0, 0.1) is 6.92 Å². The highest BCUT2D eigenvalue weighted by Crippen LogP contribution is 2.33. The van der Waals surface area contributed by atoms with Crippen molar-refractivity contribution in [3.63, 3.8) is 0 Å². The molecule has 3 aromatic rings. The first-order chi connectivity index (χ1) is 15.0. The first-order valence-corrected chi connectivity index (χ1v) is 10.4. The number of aromatic nitrogens is 3. The van der Waals surface area contributed by atoms with Crippen molar-refractivity contribution in [1.29, 1.82) is 0 Å². The van der Waals surface area contributed by atoms with Crippen molar-refractivity contribution in [2.24, 2.45) is 7.05 Å². The summed E-state index contributed by atoms with van der Waals surface area (Å²) in [4.78, 5) is 28.6. The van der Waals surface area contributed by atoms with Gasteiger partial charge < -0.3 is 18.9 Å². The Bertz CT molecular complexity index is 1210. The van der Waals surface area contributed by atoms with E-state index < -0.39 is 0 Å². The molecule has 0 spiro atoms. The zero-order valence-electron chi connectivity index (χ0n) is 17.6. The average Bonchev–Trinajstić information content (AvgIpc) is 3.33. The van der Waals surface area contributed by atoms with Crippen molar-refractivity contribution < 1.29 is 14.3 Å². The minimum Gasteiger partial charge on any atom is -0.454 e. The van der Waals surface area contributed by atoms with E-state index in [2.05, 4.69) is 5.10 Å². The molecule has 8 heteroatoms. The smallest absolute Gasteiger partial charge is 0.263 e. The number of amides is 1. The maximum atomic E-state index is 13.5. The second-order valence-corrected chi connectivity index (χ2v) is 8.18. The van der Waals surface area contributed by atoms with Gasteiger partial charge in [0.1, 0.15) is 5.56 Å². The molecular weight excluding hydrogens is 396 g/mol. The fraction of sp³-hybridized carbons (Fsp3) is 0.348. The first kappa shape index (κ1) is 19.4. The number of hydrogen-bond donors (Lipinski definition) is 0. The van der Waals surface area contributed by atoms with E-state index in [1.54, 1.807) is 21.6 Å². The fourth-order valence-electron chi connectivity index (χ4n) is 3.93. The Kier molecular flexibility index (Phi) is 4.77. The zero-order valence-corrected chi connectivity index (χ0v) is 17.6. The van der Waals surface area contributed by atoms with Crippen LogP contribution in [0.2, 0.25) is 0 Å². The van der Waals surface area contributed by atoms with Gasteiger partial charge in [-0.25, -0.2) is 0 Å². The molecule has 31 heavy (non-hydrogen) atoms. The van der Waals surface area contributed by atoms with Gasteiger partial charge in [-0.1, -0.05) is 6.07 Å². The number of ether oxygens (including phenoxy) is 2. The molecule has 2 aliphatic rings. The minimum atomic E-state index is -0.278. The van der Waals surface area contributed by atoms with Crippen molar-refractivity contribution in [1.82, 2.24) is 19.2 Å². The van der Waals surface area contributed by atoms with Crippen molar-refractivity contribution in [3.8, 4) is 11.5 Å². The van der Waals surface area contributed by atoms with E-state index in [4.69, 9.17) is 9.47 Å². The molecule has 1 fully saturated rings. The fourth-order valence-corrected chi connectivity index (χ4v) is 3.93. The molecule has 0 N–H and O–H groups in total. The normalized spacial score (nSPS) is 14.6. The monoisotopic (exact) mass is 420 g/mol. The number of hydrogen-bond acceptors (Lipinski definition) is 5. The molecule has 0 atom stereocenters. The highest BCUT2D eigenvalue weighted by molar-refractivity contribution is 5.95. The van der Waals surface area contributed by atoms with E-state index in [9.17, 15) is 9.59 Å². The molecule has 0 bridgehead atoms. The SMILES string of the molecule is Cc1ccn(Cc2ccc3c(c2)OCO3)c(=O)c1C(=O)N(Cc1cnn(C)c1)C1CC1. The lowest BCUT2D eigenvalue weighted by Crippen LogP contribution is -2.38. The molecule has 1 aliphatic carbocycles. The van der Waals surface area contributed by atoms with Gasteiger partial charge in [0, 0.05) is 37.6 Å². The molecule has 1 amide bonds. The van der Waals surface area contributed by atoms with Crippen molar-refractivity contribution in [2.75, 3.05) is 6.79 Å². The molecule has 5 rings (SSSR count). The lowest BCUT2D eigenvalue weighted by atomic mass is 10.1. The summed E-state index contributed by atoms with van der Waals surface area (Å²) in [6.45, 7) is 2.82. The topological polar surface area (TPSA) is 78.6 Å². The van der Waals surface area contributed by atoms with Gasteiger partial charge in [0.25, 0.3) is 11.5 Å². The number of benzene rings is 1. The van der Waals surface area contributed by atoms with E-state index in [1.165, 1.54) is 0 Å². The van der Waals surface area contributed by atoms with Crippen LogP contribution >= 0.6 is 0 Å². The van der Waals surface area contributed by atoms with Crippen LogP contribution in [0.5, 0.6) is 11.5 Å². The molecule has 0 saturated heterocycles. The summed E-state index contributed by atoms with van der Waals surface area (Å²) in [5, 5.41) is 4.20. The van der Waals surface area contributed by atoms with Crippen molar-refractivity contribution >= 4 is 5.91 Å². The molecule has 1 saturated carbocycles. The van der Waals surface area contributed by atoms with E-state index in [0.29, 0.717) is 30.2 Å². The number of aryl methyl sites for hydroxylation is 2. The summed E-state index contributed by atoms with van der Waals surface area (Å²) in [5.74, 6) is 1.16. The number of carbonyl (C=O) groups is 1. The second-order valence-electron chi connectivity index (χ2n) is 8.18. The van der Waals surface area contributed by atoms with Crippen LogP contribution in [0.3, 0.4) is 0 Å². The Labute approximate surface area is 179 Å². The van der Waals surface area contributed by atoms with Crippen LogP contribution in [0.4, 0.5) is 0 Å². The Morgan fingerprint density at radius 3 is 2.74 bits per heavy atom. The molecule has 1 aromatic carbocycles. The van der Waals surface area contributed by atoms with E-state index in [0.717, 1.165) is 24.0 Å². The van der Waals surface area contributed by atoms with Gasteiger partial charge in [0.2, 0.25) is 6.79 Å². The number of carbonyl (C=O) groups excluding carboxylic acids is 1. The quantitative estimate of drug-likeness (QED) is 0.612. The average molecular weight is 420 g/mol. The van der Waals surface area contributed by atoms with E-state index >= 15 is 0 Å². The lowest BCUT2D eigenvalue weighted by Gasteiger charge is -2.23. The second kappa shape index (κ2) is 7.61. The summed E-state index contributed by atoms with van der Waals surface area (Å²) < 4.78 is 14.1. The Hall–Kier alpha value is -3.55. The maximum absolute atomic E-state index is 13.5. The van der Waals surface area contributed by atoms with Crippen LogP contribution in [0.1, 0.15) is 39.9 Å². The molecule has 0 unspecified atom stereocenters. The number of fused-ring (bicyclic) bond motifs is 1. The maximum Gasteiger partial charge on any atom is 0.263 e. The van der Waals surface area contributed by atoms with Crippen LogP contribution < -0.4 is 15.0 Å². The van der Waals surface area contributed by atoms with Gasteiger partial charge in [-0.15, -0.1) is 0 Å². The van der Waals surface area contributed by atoms with Crippen molar-refractivity contribution in [2.45, 2.75) is 38.9 Å². The van der Waals surface area contributed by atoms with E-state index in [1.807, 2.05) is 49.3 Å². The van der Waals surface area contributed by atoms with Crippen LogP contribution in [0.15, 0.2) is 47.7 Å².